The number of carbonyl (C=O) groups excluding carboxylic acids is 1. The van der Waals surface area contributed by atoms with E-state index in [1.54, 1.807) is 11.5 Å². The van der Waals surface area contributed by atoms with Crippen molar-refractivity contribution in [1.82, 2.24) is 14.5 Å². The Morgan fingerprint density at radius 1 is 1.32 bits per heavy atom. The Kier molecular flexibility index (Phi) is 5.16. The van der Waals surface area contributed by atoms with E-state index in [4.69, 9.17) is 9.72 Å². The van der Waals surface area contributed by atoms with E-state index in [0.29, 0.717) is 36.7 Å². The Balaban J connectivity index is 1.87. The van der Waals surface area contributed by atoms with Crippen LogP contribution in [0.1, 0.15) is 24.3 Å². The molecule has 28 heavy (non-hydrogen) atoms. The van der Waals surface area contributed by atoms with Gasteiger partial charge in [0.25, 0.3) is 5.56 Å². The number of ether oxygens (including phenoxy) is 1. The number of rotatable bonds is 4. The second-order valence-electron chi connectivity index (χ2n) is 6.54. The fourth-order valence-corrected chi connectivity index (χ4v) is 5.35. The summed E-state index contributed by atoms with van der Waals surface area (Å²) in [5.74, 6) is 0.837. The van der Waals surface area contributed by atoms with Crippen molar-refractivity contribution in [2.45, 2.75) is 32.0 Å². The van der Waals surface area contributed by atoms with Gasteiger partial charge in [0.05, 0.1) is 24.2 Å². The minimum Gasteiger partial charge on any atom is -0.494 e. The quantitative estimate of drug-likeness (QED) is 0.482. The molecule has 0 N–H and O–H groups in total. The van der Waals surface area contributed by atoms with Crippen molar-refractivity contribution < 1.29 is 9.53 Å². The first-order valence-corrected chi connectivity index (χ1v) is 11.2. The topological polar surface area (TPSA) is 64.4 Å². The van der Waals surface area contributed by atoms with Crippen LogP contribution >= 0.6 is 23.1 Å². The lowest BCUT2D eigenvalue weighted by Crippen LogP contribution is -2.34. The molecule has 0 fully saturated rings. The Morgan fingerprint density at radius 3 is 2.71 bits per heavy atom. The number of benzene rings is 1. The number of hydrogen-bond acceptors (Lipinski definition) is 6. The van der Waals surface area contributed by atoms with Gasteiger partial charge in [0.1, 0.15) is 10.6 Å². The third-order valence-electron chi connectivity index (χ3n) is 4.88. The highest BCUT2D eigenvalue weighted by Crippen LogP contribution is 2.34. The fourth-order valence-electron chi connectivity index (χ4n) is 3.52. The molecule has 0 saturated heterocycles. The molecule has 8 heteroatoms. The summed E-state index contributed by atoms with van der Waals surface area (Å²) >= 11 is 2.97. The number of amides is 1. The van der Waals surface area contributed by atoms with E-state index in [9.17, 15) is 9.59 Å². The SMILES string of the molecule is CCOc1ccc(-n2c(SC)nc3sc4c(c3c2=O)CCN(C(C)=O)C4)cc1. The van der Waals surface area contributed by atoms with E-state index in [2.05, 4.69) is 0 Å². The third-order valence-corrected chi connectivity index (χ3v) is 6.63. The lowest BCUT2D eigenvalue weighted by Gasteiger charge is -2.25. The molecular weight excluding hydrogens is 394 g/mol. The number of aromatic nitrogens is 2. The molecule has 2 aromatic heterocycles. The van der Waals surface area contributed by atoms with Gasteiger partial charge in [0, 0.05) is 18.3 Å². The second-order valence-corrected chi connectivity index (χ2v) is 8.40. The normalized spacial score (nSPS) is 13.6. The first-order chi connectivity index (χ1) is 13.5. The predicted octanol–water partition coefficient (Wildman–Crippen LogP) is 3.47. The minimum atomic E-state index is -0.0488. The van der Waals surface area contributed by atoms with E-state index in [1.807, 2.05) is 42.3 Å². The molecule has 3 heterocycles. The molecule has 1 amide bonds. The van der Waals surface area contributed by atoms with Crippen LogP contribution < -0.4 is 10.3 Å². The van der Waals surface area contributed by atoms with Gasteiger partial charge < -0.3 is 9.64 Å². The molecule has 0 saturated carbocycles. The van der Waals surface area contributed by atoms with Crippen LogP contribution in [0.25, 0.3) is 15.9 Å². The monoisotopic (exact) mass is 415 g/mol. The van der Waals surface area contributed by atoms with Crippen LogP contribution in [0.3, 0.4) is 0 Å². The molecule has 6 nitrogen and oxygen atoms in total. The van der Waals surface area contributed by atoms with Crippen molar-refractivity contribution in [1.29, 1.82) is 0 Å². The van der Waals surface area contributed by atoms with Gasteiger partial charge in [-0.25, -0.2) is 4.98 Å². The molecule has 4 rings (SSSR count). The Labute approximate surface area is 171 Å². The standard InChI is InChI=1S/C20H21N3O3S2/c1-4-26-14-7-5-13(6-8-14)23-19(25)17-15-9-10-22(12(2)24)11-16(15)28-18(17)21-20(23)27-3/h5-8H,4,9-11H2,1-3H3. The first-order valence-electron chi connectivity index (χ1n) is 9.13. The second kappa shape index (κ2) is 7.60. The third kappa shape index (κ3) is 3.20. The maximum atomic E-state index is 13.5. The van der Waals surface area contributed by atoms with Crippen LogP contribution in [0, 0.1) is 0 Å². The van der Waals surface area contributed by atoms with Gasteiger partial charge in [-0.3, -0.25) is 14.2 Å². The zero-order valence-corrected chi connectivity index (χ0v) is 17.7. The van der Waals surface area contributed by atoms with E-state index in [-0.39, 0.29) is 11.5 Å². The van der Waals surface area contributed by atoms with Crippen LogP contribution in [-0.4, -0.2) is 39.8 Å². The maximum Gasteiger partial charge on any atom is 0.267 e. The highest BCUT2D eigenvalue weighted by molar-refractivity contribution is 7.98. The number of carbonyl (C=O) groups is 1. The Bertz CT molecular complexity index is 1100. The summed E-state index contributed by atoms with van der Waals surface area (Å²) in [7, 11) is 0. The summed E-state index contributed by atoms with van der Waals surface area (Å²) in [6.07, 6.45) is 2.61. The number of hydrogen-bond donors (Lipinski definition) is 0. The van der Waals surface area contributed by atoms with Crippen LogP contribution in [0.2, 0.25) is 0 Å². The van der Waals surface area contributed by atoms with Crippen molar-refractivity contribution in [3.8, 4) is 11.4 Å². The molecule has 0 unspecified atom stereocenters. The van der Waals surface area contributed by atoms with Crippen molar-refractivity contribution >= 4 is 39.2 Å². The molecule has 0 radical (unpaired) electrons. The van der Waals surface area contributed by atoms with Crippen LogP contribution in [-0.2, 0) is 17.8 Å². The molecule has 1 aromatic carbocycles. The smallest absolute Gasteiger partial charge is 0.267 e. The average Bonchev–Trinajstić information content (AvgIpc) is 3.06. The molecule has 146 valence electrons. The summed E-state index contributed by atoms with van der Waals surface area (Å²) in [6.45, 7) is 5.32. The molecule has 0 bridgehead atoms. The maximum absolute atomic E-state index is 13.5. The van der Waals surface area contributed by atoms with E-state index < -0.39 is 0 Å². The lowest BCUT2D eigenvalue weighted by molar-refractivity contribution is -0.129. The van der Waals surface area contributed by atoms with Gasteiger partial charge in [-0.2, -0.15) is 0 Å². The Hall–Kier alpha value is -2.32. The molecule has 0 atom stereocenters. The lowest BCUT2D eigenvalue weighted by atomic mass is 10.1. The molecule has 1 aliphatic rings. The summed E-state index contributed by atoms with van der Waals surface area (Å²) in [6, 6.07) is 7.51. The molecule has 3 aromatic rings. The highest BCUT2D eigenvalue weighted by atomic mass is 32.2. The van der Waals surface area contributed by atoms with Crippen molar-refractivity contribution in [3.05, 3.63) is 45.1 Å². The van der Waals surface area contributed by atoms with Gasteiger partial charge in [-0.05, 0) is 49.4 Å². The van der Waals surface area contributed by atoms with Gasteiger partial charge in [-0.1, -0.05) is 11.8 Å². The molecule has 1 aliphatic heterocycles. The average molecular weight is 416 g/mol. The number of thioether (sulfide) groups is 1. The summed E-state index contributed by atoms with van der Waals surface area (Å²) in [4.78, 5) is 33.6. The summed E-state index contributed by atoms with van der Waals surface area (Å²) in [5.41, 5.74) is 1.77. The number of thiophene rings is 1. The van der Waals surface area contributed by atoms with Gasteiger partial charge in [0.15, 0.2) is 5.16 Å². The van der Waals surface area contributed by atoms with E-state index >= 15 is 0 Å². The molecule has 0 spiro atoms. The number of nitrogens with zero attached hydrogens (tertiary/aromatic N) is 3. The number of fused-ring (bicyclic) bond motifs is 3. The zero-order valence-electron chi connectivity index (χ0n) is 16.0. The fraction of sp³-hybridized carbons (Fsp3) is 0.350. The van der Waals surface area contributed by atoms with Crippen LogP contribution in [0.4, 0.5) is 0 Å². The minimum absolute atomic E-state index is 0.0488. The molecular formula is C20H21N3O3S2. The van der Waals surface area contributed by atoms with E-state index in [1.165, 1.54) is 23.1 Å². The van der Waals surface area contributed by atoms with E-state index in [0.717, 1.165) is 26.7 Å². The van der Waals surface area contributed by atoms with Gasteiger partial charge in [-0.15, -0.1) is 11.3 Å². The zero-order chi connectivity index (χ0) is 19.8. The summed E-state index contributed by atoms with van der Waals surface area (Å²) in [5, 5.41) is 1.35. The van der Waals surface area contributed by atoms with Crippen LogP contribution in [0.15, 0.2) is 34.2 Å². The predicted molar refractivity (Wildman–Crippen MR) is 113 cm³/mol. The van der Waals surface area contributed by atoms with Gasteiger partial charge >= 0.3 is 0 Å². The summed E-state index contributed by atoms with van der Waals surface area (Å²) < 4.78 is 7.18. The van der Waals surface area contributed by atoms with Gasteiger partial charge in [0.2, 0.25) is 5.91 Å². The van der Waals surface area contributed by atoms with Crippen LogP contribution in [0.5, 0.6) is 5.75 Å². The largest absolute Gasteiger partial charge is 0.494 e. The van der Waals surface area contributed by atoms with Crippen molar-refractivity contribution in [2.75, 3.05) is 19.4 Å². The van der Waals surface area contributed by atoms with Crippen molar-refractivity contribution in [3.63, 3.8) is 0 Å². The molecule has 0 aliphatic carbocycles. The highest BCUT2D eigenvalue weighted by Gasteiger charge is 2.26. The Morgan fingerprint density at radius 2 is 2.07 bits per heavy atom. The van der Waals surface area contributed by atoms with Crippen molar-refractivity contribution in [2.24, 2.45) is 0 Å². The first kappa shape index (κ1) is 19.0.